The third-order valence-electron chi connectivity index (χ3n) is 3.75. The molecule has 0 bridgehead atoms. The van der Waals surface area contributed by atoms with Crippen LogP contribution >= 0.6 is 22.6 Å². The summed E-state index contributed by atoms with van der Waals surface area (Å²) in [5.74, 6) is 0. The molecule has 0 N–H and O–H groups in total. The van der Waals surface area contributed by atoms with Crippen molar-refractivity contribution < 1.29 is 37.9 Å². The molecule has 0 aliphatic carbocycles. The first-order valence-corrected chi connectivity index (χ1v) is 11.7. The van der Waals surface area contributed by atoms with Gasteiger partial charge in [0.15, 0.2) is 6.29 Å². The van der Waals surface area contributed by atoms with E-state index >= 15 is 0 Å². The summed E-state index contributed by atoms with van der Waals surface area (Å²) >= 11 is 2.28. The summed E-state index contributed by atoms with van der Waals surface area (Å²) in [6.45, 7) is 8.43. The van der Waals surface area contributed by atoms with Crippen molar-refractivity contribution in [3.8, 4) is 0 Å². The third-order valence-corrected chi connectivity index (χ3v) is 4.19. The minimum absolute atomic E-state index is 0.0489. The maximum absolute atomic E-state index is 5.58. The Morgan fingerprint density at radius 2 is 1.00 bits per heavy atom. The largest absolute Gasteiger partial charge is 0.378 e. The molecule has 1 aliphatic rings. The van der Waals surface area contributed by atoms with E-state index in [9.17, 15) is 0 Å². The normalized spacial score (nSPS) is 17.2. The van der Waals surface area contributed by atoms with Gasteiger partial charge in [0, 0.05) is 11.0 Å². The number of hydrogen-bond donors (Lipinski definition) is 0. The van der Waals surface area contributed by atoms with E-state index in [0.717, 1.165) is 30.5 Å². The van der Waals surface area contributed by atoms with Gasteiger partial charge >= 0.3 is 0 Å². The van der Waals surface area contributed by atoms with Crippen LogP contribution in [0.4, 0.5) is 0 Å². The molecule has 1 heterocycles. The zero-order valence-corrected chi connectivity index (χ0v) is 19.1. The molecule has 0 spiro atoms. The quantitative estimate of drug-likeness (QED) is 0.129. The van der Waals surface area contributed by atoms with Gasteiger partial charge in [0.1, 0.15) is 0 Å². The van der Waals surface area contributed by atoms with Crippen LogP contribution in [-0.4, -0.2) is 103 Å². The van der Waals surface area contributed by atoms with Gasteiger partial charge in [-0.3, -0.25) is 0 Å². The number of ether oxygens (including phenoxy) is 8. The van der Waals surface area contributed by atoms with Crippen LogP contribution in [0, 0.1) is 0 Å². The van der Waals surface area contributed by atoms with Crippen molar-refractivity contribution in [2.24, 2.45) is 0 Å². The minimum Gasteiger partial charge on any atom is -0.378 e. The van der Waals surface area contributed by atoms with Gasteiger partial charge in [0.2, 0.25) is 0 Å². The first-order valence-electron chi connectivity index (χ1n) is 10.2. The second-order valence-electron chi connectivity index (χ2n) is 6.03. The maximum Gasteiger partial charge on any atom is 0.157 e. The molecule has 0 amide bonds. The van der Waals surface area contributed by atoms with Crippen molar-refractivity contribution >= 4 is 22.6 Å². The average Bonchev–Trinajstić information content (AvgIpc) is 2.73. The molecule has 1 atom stereocenters. The summed E-state index contributed by atoms with van der Waals surface area (Å²) in [5.41, 5.74) is 0. The SMILES string of the molecule is ICCOCCOCCOCCOCCOCCOCCOC1CCCCO1. The molecule has 0 aromatic heterocycles. The van der Waals surface area contributed by atoms with E-state index in [4.69, 9.17) is 37.9 Å². The number of alkyl halides is 1. The van der Waals surface area contributed by atoms with Crippen LogP contribution in [0.5, 0.6) is 0 Å². The van der Waals surface area contributed by atoms with Crippen molar-refractivity contribution in [2.45, 2.75) is 25.6 Å². The summed E-state index contributed by atoms with van der Waals surface area (Å²) in [6, 6.07) is 0. The van der Waals surface area contributed by atoms with E-state index < -0.39 is 0 Å². The van der Waals surface area contributed by atoms with E-state index in [1.807, 2.05) is 0 Å². The van der Waals surface area contributed by atoms with Gasteiger partial charge in [-0.1, -0.05) is 22.6 Å². The highest BCUT2D eigenvalue weighted by molar-refractivity contribution is 14.1. The second kappa shape index (κ2) is 22.1. The molecule has 1 unspecified atom stereocenters. The van der Waals surface area contributed by atoms with E-state index in [-0.39, 0.29) is 6.29 Å². The van der Waals surface area contributed by atoms with Crippen LogP contribution < -0.4 is 0 Å². The topological polar surface area (TPSA) is 73.8 Å². The van der Waals surface area contributed by atoms with E-state index in [1.54, 1.807) is 0 Å². The first-order chi connectivity index (χ1) is 13.9. The lowest BCUT2D eigenvalue weighted by Gasteiger charge is -2.22. The molecule has 168 valence electrons. The molecule has 0 radical (unpaired) electrons. The van der Waals surface area contributed by atoms with Crippen LogP contribution in [0.1, 0.15) is 19.3 Å². The molecule has 1 rings (SSSR count). The van der Waals surface area contributed by atoms with Crippen molar-refractivity contribution in [3.63, 3.8) is 0 Å². The summed E-state index contributed by atoms with van der Waals surface area (Å²) in [4.78, 5) is 0. The van der Waals surface area contributed by atoms with Crippen LogP contribution in [0.15, 0.2) is 0 Å². The second-order valence-corrected chi connectivity index (χ2v) is 7.11. The number of rotatable bonds is 21. The van der Waals surface area contributed by atoms with E-state index in [2.05, 4.69) is 22.6 Å². The third kappa shape index (κ3) is 18.4. The fraction of sp³-hybridized carbons (Fsp3) is 1.00. The Morgan fingerprint density at radius 1 is 0.571 bits per heavy atom. The standard InChI is InChI=1S/C19H37IO8/c20-4-6-21-7-8-22-9-10-23-11-12-24-13-14-25-15-16-26-17-18-28-19-3-1-2-5-27-19/h19H,1-18H2. The lowest BCUT2D eigenvalue weighted by molar-refractivity contribution is -0.169. The van der Waals surface area contributed by atoms with Crippen molar-refractivity contribution in [2.75, 3.05) is 96.9 Å². The van der Waals surface area contributed by atoms with Gasteiger partial charge < -0.3 is 37.9 Å². The lowest BCUT2D eigenvalue weighted by Crippen LogP contribution is -2.24. The molecular formula is C19H37IO8. The number of halogens is 1. The highest BCUT2D eigenvalue weighted by atomic mass is 127. The molecule has 1 saturated heterocycles. The minimum atomic E-state index is -0.0489. The predicted molar refractivity (Wildman–Crippen MR) is 113 cm³/mol. The zero-order valence-electron chi connectivity index (χ0n) is 16.9. The van der Waals surface area contributed by atoms with Gasteiger partial charge in [0.05, 0.1) is 85.9 Å². The fourth-order valence-corrected chi connectivity index (χ4v) is 2.65. The van der Waals surface area contributed by atoms with Gasteiger partial charge in [-0.15, -0.1) is 0 Å². The van der Waals surface area contributed by atoms with Crippen LogP contribution in [0.3, 0.4) is 0 Å². The van der Waals surface area contributed by atoms with Crippen molar-refractivity contribution in [1.82, 2.24) is 0 Å². The van der Waals surface area contributed by atoms with Gasteiger partial charge in [-0.25, -0.2) is 0 Å². The molecule has 28 heavy (non-hydrogen) atoms. The van der Waals surface area contributed by atoms with Crippen LogP contribution in [-0.2, 0) is 37.9 Å². The molecule has 0 aromatic carbocycles. The van der Waals surface area contributed by atoms with Gasteiger partial charge in [0.25, 0.3) is 0 Å². The van der Waals surface area contributed by atoms with Gasteiger partial charge in [-0.2, -0.15) is 0 Å². The average molecular weight is 520 g/mol. The Labute approximate surface area is 182 Å². The highest BCUT2D eigenvalue weighted by Crippen LogP contribution is 2.13. The Kier molecular flexibility index (Phi) is 20.9. The van der Waals surface area contributed by atoms with Crippen molar-refractivity contribution in [3.05, 3.63) is 0 Å². The number of hydrogen-bond acceptors (Lipinski definition) is 8. The fourth-order valence-electron chi connectivity index (χ4n) is 2.34. The Morgan fingerprint density at radius 3 is 1.39 bits per heavy atom. The summed E-state index contributed by atoms with van der Waals surface area (Å²) in [7, 11) is 0. The predicted octanol–water partition coefficient (Wildman–Crippen LogP) is 2.06. The molecule has 8 nitrogen and oxygen atoms in total. The maximum atomic E-state index is 5.58. The first kappa shape index (κ1) is 26.4. The van der Waals surface area contributed by atoms with Crippen LogP contribution in [0.2, 0.25) is 0 Å². The molecule has 1 aliphatic heterocycles. The molecule has 0 aromatic rings. The Bertz CT molecular complexity index is 306. The van der Waals surface area contributed by atoms with E-state index in [1.165, 1.54) is 6.42 Å². The lowest BCUT2D eigenvalue weighted by atomic mass is 10.2. The summed E-state index contributed by atoms with van der Waals surface area (Å²) in [5, 5.41) is 0. The molecule has 0 saturated carbocycles. The zero-order chi connectivity index (χ0) is 20.0. The highest BCUT2D eigenvalue weighted by Gasteiger charge is 2.13. The van der Waals surface area contributed by atoms with Crippen molar-refractivity contribution in [1.29, 1.82) is 0 Å². The Balaban J connectivity index is 1.64. The molecule has 9 heteroatoms. The molecule has 1 fully saturated rings. The smallest absolute Gasteiger partial charge is 0.157 e. The Hall–Kier alpha value is 0.410. The van der Waals surface area contributed by atoms with Gasteiger partial charge in [-0.05, 0) is 19.3 Å². The molecular weight excluding hydrogens is 483 g/mol. The van der Waals surface area contributed by atoms with E-state index in [0.29, 0.717) is 79.3 Å². The summed E-state index contributed by atoms with van der Waals surface area (Å²) < 4.78 is 44.5. The monoisotopic (exact) mass is 520 g/mol. The summed E-state index contributed by atoms with van der Waals surface area (Å²) in [6.07, 6.45) is 3.24. The van der Waals surface area contributed by atoms with Crippen LogP contribution in [0.25, 0.3) is 0 Å².